The molecule has 0 unspecified atom stereocenters. The summed E-state index contributed by atoms with van der Waals surface area (Å²) in [6.07, 6.45) is 0.465. The van der Waals surface area contributed by atoms with E-state index in [2.05, 4.69) is 5.32 Å². The number of ether oxygens (including phenoxy) is 3. The zero-order chi connectivity index (χ0) is 17.8. The number of nitrogens with one attached hydrogen (secondary N) is 1. The average molecular weight is 345 g/mol. The number of furan rings is 1. The number of amides is 1. The smallest absolute Gasteiger partial charge is 0.375 e. The standard InChI is InChI=1S/C18H19NO6/c1-11(2)16(25-18(21)14-4-3-7-22-14)17(20)19-9-12-5-6-13-15(8-12)24-10-23-13/h3-8,11,16H,9-10H2,1-2H3,(H,19,20)/t16-/m0/s1. The number of hydrogen-bond donors (Lipinski definition) is 1. The fourth-order valence-corrected chi connectivity index (χ4v) is 2.40. The number of rotatable bonds is 6. The third kappa shape index (κ3) is 3.93. The summed E-state index contributed by atoms with van der Waals surface area (Å²) in [5.41, 5.74) is 0.859. The quantitative estimate of drug-likeness (QED) is 0.810. The molecule has 0 spiro atoms. The van der Waals surface area contributed by atoms with E-state index in [-0.39, 0.29) is 30.9 Å². The third-order valence-electron chi connectivity index (χ3n) is 3.72. The zero-order valence-electron chi connectivity index (χ0n) is 14.0. The molecule has 132 valence electrons. The molecule has 7 heteroatoms. The van der Waals surface area contributed by atoms with E-state index in [4.69, 9.17) is 18.6 Å². The van der Waals surface area contributed by atoms with Gasteiger partial charge in [0.25, 0.3) is 5.91 Å². The highest BCUT2D eigenvalue weighted by atomic mass is 16.7. The van der Waals surface area contributed by atoms with E-state index in [0.29, 0.717) is 11.5 Å². The van der Waals surface area contributed by atoms with Gasteiger partial charge < -0.3 is 23.9 Å². The molecule has 2 heterocycles. The molecule has 0 radical (unpaired) electrons. The molecule has 0 saturated heterocycles. The van der Waals surface area contributed by atoms with E-state index in [0.717, 1.165) is 5.56 Å². The topological polar surface area (TPSA) is 87.0 Å². The fourth-order valence-electron chi connectivity index (χ4n) is 2.40. The predicted molar refractivity (Wildman–Crippen MR) is 87.2 cm³/mol. The van der Waals surface area contributed by atoms with E-state index < -0.39 is 12.1 Å². The van der Waals surface area contributed by atoms with Crippen LogP contribution in [0.2, 0.25) is 0 Å². The average Bonchev–Trinajstić information content (AvgIpc) is 3.27. The van der Waals surface area contributed by atoms with Gasteiger partial charge in [0.05, 0.1) is 6.26 Å². The Morgan fingerprint density at radius 2 is 2.00 bits per heavy atom. The van der Waals surface area contributed by atoms with E-state index >= 15 is 0 Å². The molecule has 0 fully saturated rings. The van der Waals surface area contributed by atoms with E-state index in [1.165, 1.54) is 12.3 Å². The molecule has 1 N–H and O–H groups in total. The maximum Gasteiger partial charge on any atom is 0.375 e. The van der Waals surface area contributed by atoms with Crippen LogP contribution >= 0.6 is 0 Å². The van der Waals surface area contributed by atoms with Crippen molar-refractivity contribution in [2.75, 3.05) is 6.79 Å². The monoisotopic (exact) mass is 345 g/mol. The highest BCUT2D eigenvalue weighted by molar-refractivity contribution is 5.90. The van der Waals surface area contributed by atoms with Crippen molar-refractivity contribution < 1.29 is 28.2 Å². The van der Waals surface area contributed by atoms with Crippen molar-refractivity contribution in [3.63, 3.8) is 0 Å². The van der Waals surface area contributed by atoms with Gasteiger partial charge in [0.1, 0.15) is 0 Å². The maximum atomic E-state index is 12.4. The molecule has 1 amide bonds. The fraction of sp³-hybridized carbons (Fsp3) is 0.333. The van der Waals surface area contributed by atoms with Gasteiger partial charge in [-0.3, -0.25) is 4.79 Å². The second kappa shape index (κ2) is 7.29. The second-order valence-electron chi connectivity index (χ2n) is 5.95. The molecule has 1 atom stereocenters. The van der Waals surface area contributed by atoms with Crippen LogP contribution in [0.15, 0.2) is 41.0 Å². The minimum absolute atomic E-state index is 0.0641. The van der Waals surface area contributed by atoms with Crippen LogP contribution in [0.4, 0.5) is 0 Å². The molecule has 3 rings (SSSR count). The highest BCUT2D eigenvalue weighted by Gasteiger charge is 2.27. The van der Waals surface area contributed by atoms with E-state index in [1.807, 2.05) is 12.1 Å². The molecule has 2 aromatic rings. The van der Waals surface area contributed by atoms with Crippen molar-refractivity contribution in [1.82, 2.24) is 5.32 Å². The lowest BCUT2D eigenvalue weighted by atomic mass is 10.1. The largest absolute Gasteiger partial charge is 0.457 e. The van der Waals surface area contributed by atoms with Gasteiger partial charge in [-0.05, 0) is 35.7 Å². The van der Waals surface area contributed by atoms with E-state index in [9.17, 15) is 9.59 Å². The Morgan fingerprint density at radius 3 is 2.72 bits per heavy atom. The van der Waals surface area contributed by atoms with Crippen LogP contribution in [-0.4, -0.2) is 24.8 Å². The molecule has 1 aliphatic heterocycles. The first-order valence-electron chi connectivity index (χ1n) is 7.95. The number of carbonyl (C=O) groups excluding carboxylic acids is 2. The third-order valence-corrected chi connectivity index (χ3v) is 3.72. The summed E-state index contributed by atoms with van der Waals surface area (Å²) in [4.78, 5) is 24.4. The Bertz CT molecular complexity index is 753. The summed E-state index contributed by atoms with van der Waals surface area (Å²) in [5, 5.41) is 2.78. The van der Waals surface area contributed by atoms with Crippen molar-refractivity contribution >= 4 is 11.9 Å². The summed E-state index contributed by atoms with van der Waals surface area (Å²) in [7, 11) is 0. The molecule has 0 saturated carbocycles. The highest BCUT2D eigenvalue weighted by Crippen LogP contribution is 2.32. The van der Waals surface area contributed by atoms with Crippen molar-refractivity contribution in [1.29, 1.82) is 0 Å². The van der Waals surface area contributed by atoms with Gasteiger partial charge in [-0.25, -0.2) is 4.79 Å². The van der Waals surface area contributed by atoms with Crippen LogP contribution in [0.25, 0.3) is 0 Å². The van der Waals surface area contributed by atoms with E-state index in [1.54, 1.807) is 26.0 Å². The van der Waals surface area contributed by atoms with Crippen LogP contribution in [0.1, 0.15) is 30.0 Å². The zero-order valence-corrected chi connectivity index (χ0v) is 14.0. The Morgan fingerprint density at radius 1 is 1.20 bits per heavy atom. The molecule has 7 nitrogen and oxygen atoms in total. The van der Waals surface area contributed by atoms with Crippen LogP contribution in [0.5, 0.6) is 11.5 Å². The first-order valence-corrected chi connectivity index (χ1v) is 7.95. The molecule has 1 aromatic carbocycles. The van der Waals surface area contributed by atoms with Crippen molar-refractivity contribution in [2.45, 2.75) is 26.5 Å². The Balaban J connectivity index is 1.60. The number of fused-ring (bicyclic) bond motifs is 1. The van der Waals surface area contributed by atoms with Gasteiger partial charge in [-0.15, -0.1) is 0 Å². The molecule has 0 aliphatic carbocycles. The van der Waals surface area contributed by atoms with Crippen LogP contribution in [0, 0.1) is 5.92 Å². The van der Waals surface area contributed by atoms with Gasteiger partial charge in [0, 0.05) is 6.54 Å². The Kier molecular flexibility index (Phi) is 4.92. The second-order valence-corrected chi connectivity index (χ2v) is 5.95. The van der Waals surface area contributed by atoms with Gasteiger partial charge >= 0.3 is 5.97 Å². The van der Waals surface area contributed by atoms with Crippen molar-refractivity contribution in [2.24, 2.45) is 5.92 Å². The lowest BCUT2D eigenvalue weighted by Gasteiger charge is -2.20. The van der Waals surface area contributed by atoms with Crippen molar-refractivity contribution in [3.05, 3.63) is 47.9 Å². The Labute approximate surface area is 144 Å². The minimum atomic E-state index is -0.911. The minimum Gasteiger partial charge on any atom is -0.457 e. The molecular weight excluding hydrogens is 326 g/mol. The summed E-state index contributed by atoms with van der Waals surface area (Å²) in [5.74, 6) is 0.179. The molecule has 0 bridgehead atoms. The number of hydrogen-bond acceptors (Lipinski definition) is 6. The summed E-state index contributed by atoms with van der Waals surface area (Å²) >= 11 is 0. The molecule has 25 heavy (non-hydrogen) atoms. The van der Waals surface area contributed by atoms with Gasteiger partial charge in [-0.2, -0.15) is 0 Å². The number of benzene rings is 1. The van der Waals surface area contributed by atoms with Gasteiger partial charge in [-0.1, -0.05) is 19.9 Å². The van der Waals surface area contributed by atoms with Gasteiger partial charge in [0.15, 0.2) is 17.6 Å². The first-order chi connectivity index (χ1) is 12.0. The molecule has 1 aliphatic rings. The van der Waals surface area contributed by atoms with Crippen LogP contribution in [0.3, 0.4) is 0 Å². The number of carbonyl (C=O) groups is 2. The first kappa shape index (κ1) is 16.9. The Hall–Kier alpha value is -2.96. The predicted octanol–water partition coefficient (Wildman–Crippen LogP) is 2.51. The normalized spacial score (nSPS) is 13.6. The van der Waals surface area contributed by atoms with Crippen LogP contribution < -0.4 is 14.8 Å². The lowest BCUT2D eigenvalue weighted by molar-refractivity contribution is -0.132. The molecule has 1 aromatic heterocycles. The lowest BCUT2D eigenvalue weighted by Crippen LogP contribution is -2.40. The summed E-state index contributed by atoms with van der Waals surface area (Å²) < 4.78 is 20.8. The van der Waals surface area contributed by atoms with Gasteiger partial charge in [0.2, 0.25) is 12.6 Å². The maximum absolute atomic E-state index is 12.4. The summed E-state index contributed by atoms with van der Waals surface area (Å²) in [6.45, 7) is 4.10. The van der Waals surface area contributed by atoms with Crippen molar-refractivity contribution in [3.8, 4) is 11.5 Å². The van der Waals surface area contributed by atoms with Crippen LogP contribution in [-0.2, 0) is 16.1 Å². The number of esters is 1. The summed E-state index contributed by atoms with van der Waals surface area (Å²) in [6, 6.07) is 8.51. The molecular formula is C18H19NO6. The SMILES string of the molecule is CC(C)[C@H](OC(=O)c1ccco1)C(=O)NCc1ccc2c(c1)OCO2.